The van der Waals surface area contributed by atoms with E-state index in [9.17, 15) is 4.79 Å². The molecular formula is C23H14Cl3NO. The molecule has 4 rings (SSSR count). The minimum absolute atomic E-state index is 0.103. The summed E-state index contributed by atoms with van der Waals surface area (Å²) in [7, 11) is 0. The fourth-order valence-corrected chi connectivity index (χ4v) is 3.83. The Morgan fingerprint density at radius 3 is 2.21 bits per heavy atom. The van der Waals surface area contributed by atoms with E-state index in [-0.39, 0.29) is 5.78 Å². The third-order valence-electron chi connectivity index (χ3n) is 4.56. The highest BCUT2D eigenvalue weighted by atomic mass is 35.5. The van der Waals surface area contributed by atoms with Gasteiger partial charge in [0.15, 0.2) is 5.78 Å². The summed E-state index contributed by atoms with van der Waals surface area (Å²) in [5.41, 5.74) is 3.58. The maximum absolute atomic E-state index is 12.8. The van der Waals surface area contributed by atoms with Crippen LogP contribution in [0.15, 0.2) is 72.8 Å². The first-order valence-electron chi connectivity index (χ1n) is 8.65. The summed E-state index contributed by atoms with van der Waals surface area (Å²) in [6.45, 7) is 0. The first-order valence-corrected chi connectivity index (χ1v) is 9.78. The van der Waals surface area contributed by atoms with Crippen molar-refractivity contribution in [3.05, 3.63) is 110 Å². The minimum atomic E-state index is -0.103. The van der Waals surface area contributed by atoms with Gasteiger partial charge in [0.05, 0.1) is 10.5 Å². The van der Waals surface area contributed by atoms with Gasteiger partial charge in [0.25, 0.3) is 0 Å². The monoisotopic (exact) mass is 425 g/mol. The lowest BCUT2D eigenvalue weighted by molar-refractivity contribution is 0.103. The molecule has 28 heavy (non-hydrogen) atoms. The van der Waals surface area contributed by atoms with E-state index in [1.165, 1.54) is 0 Å². The predicted octanol–water partition coefficient (Wildman–Crippen LogP) is 7.02. The molecule has 0 aliphatic carbocycles. The van der Waals surface area contributed by atoms with Crippen LogP contribution in [0.4, 0.5) is 0 Å². The zero-order valence-corrected chi connectivity index (χ0v) is 16.9. The van der Waals surface area contributed by atoms with E-state index in [1.807, 2.05) is 30.3 Å². The number of halogens is 3. The molecule has 0 saturated heterocycles. The smallest absolute Gasteiger partial charge is 0.193 e. The molecule has 0 saturated carbocycles. The molecule has 5 heteroatoms. The van der Waals surface area contributed by atoms with Crippen LogP contribution in [0.25, 0.3) is 10.9 Å². The van der Waals surface area contributed by atoms with Crippen LogP contribution in [0, 0.1) is 0 Å². The van der Waals surface area contributed by atoms with Crippen LogP contribution in [0.2, 0.25) is 15.2 Å². The average Bonchev–Trinajstić information content (AvgIpc) is 2.72. The number of nitrogens with zero attached hydrogens (tertiary/aromatic N) is 1. The Morgan fingerprint density at radius 2 is 1.50 bits per heavy atom. The molecule has 0 aliphatic rings. The Kier molecular flexibility index (Phi) is 5.36. The van der Waals surface area contributed by atoms with Crippen molar-refractivity contribution in [3.8, 4) is 0 Å². The molecule has 0 N–H and O–H groups in total. The number of ketones is 1. The molecule has 3 aromatic carbocycles. The molecule has 0 atom stereocenters. The van der Waals surface area contributed by atoms with Gasteiger partial charge in [-0.3, -0.25) is 4.79 Å². The number of hydrogen-bond donors (Lipinski definition) is 0. The van der Waals surface area contributed by atoms with E-state index >= 15 is 0 Å². The molecule has 2 nitrogen and oxygen atoms in total. The molecule has 0 unspecified atom stereocenters. The number of carbonyl (C=O) groups is 1. The van der Waals surface area contributed by atoms with Gasteiger partial charge in [0, 0.05) is 33.5 Å². The molecule has 0 aliphatic heterocycles. The number of carbonyl (C=O) groups excluding carboxylic acids is 1. The lowest BCUT2D eigenvalue weighted by Gasteiger charge is -2.11. The first kappa shape index (κ1) is 18.9. The van der Waals surface area contributed by atoms with Crippen molar-refractivity contribution in [3.63, 3.8) is 0 Å². The molecule has 1 aromatic heterocycles. The van der Waals surface area contributed by atoms with Gasteiger partial charge >= 0.3 is 0 Å². The lowest BCUT2D eigenvalue weighted by atomic mass is 9.99. The minimum Gasteiger partial charge on any atom is -0.289 e. The van der Waals surface area contributed by atoms with E-state index in [4.69, 9.17) is 34.8 Å². The number of benzene rings is 3. The van der Waals surface area contributed by atoms with E-state index in [2.05, 4.69) is 4.98 Å². The van der Waals surface area contributed by atoms with Gasteiger partial charge in [-0.25, -0.2) is 4.98 Å². The van der Waals surface area contributed by atoms with E-state index in [0.29, 0.717) is 43.6 Å². The van der Waals surface area contributed by atoms with Crippen molar-refractivity contribution in [1.29, 1.82) is 0 Å². The number of hydrogen-bond acceptors (Lipinski definition) is 2. The maximum atomic E-state index is 12.8. The van der Waals surface area contributed by atoms with Crippen molar-refractivity contribution >= 4 is 51.5 Å². The normalized spacial score (nSPS) is 11.0. The molecule has 1 heterocycles. The largest absolute Gasteiger partial charge is 0.289 e. The van der Waals surface area contributed by atoms with Crippen LogP contribution in [0.5, 0.6) is 0 Å². The summed E-state index contributed by atoms with van der Waals surface area (Å²) in [5.74, 6) is -0.103. The van der Waals surface area contributed by atoms with Gasteiger partial charge < -0.3 is 0 Å². The van der Waals surface area contributed by atoms with Gasteiger partial charge in [-0.2, -0.15) is 0 Å². The molecule has 138 valence electrons. The quantitative estimate of drug-likeness (QED) is 0.259. The SMILES string of the molecule is O=C(c1ccc(Cl)cc1)c1ccc2nc(Cl)c(Cc3ccccc3)c(Cl)c2c1. The molecule has 0 spiro atoms. The second-order valence-electron chi connectivity index (χ2n) is 6.43. The van der Waals surface area contributed by atoms with Gasteiger partial charge in [-0.1, -0.05) is 65.1 Å². The summed E-state index contributed by atoms with van der Waals surface area (Å²) in [4.78, 5) is 17.3. The summed E-state index contributed by atoms with van der Waals surface area (Å²) >= 11 is 19.0. The Labute approximate surface area is 177 Å². The van der Waals surface area contributed by atoms with Crippen LogP contribution >= 0.6 is 34.8 Å². The first-order chi connectivity index (χ1) is 13.5. The molecule has 0 fully saturated rings. The zero-order chi connectivity index (χ0) is 19.7. The Bertz CT molecular complexity index is 1170. The maximum Gasteiger partial charge on any atom is 0.193 e. The Morgan fingerprint density at radius 1 is 0.821 bits per heavy atom. The van der Waals surface area contributed by atoms with Gasteiger partial charge in [0.2, 0.25) is 0 Å². The van der Waals surface area contributed by atoms with Crippen LogP contribution < -0.4 is 0 Å². The van der Waals surface area contributed by atoms with Crippen LogP contribution in [0.1, 0.15) is 27.0 Å². The molecule has 4 aromatic rings. The molecule has 0 bridgehead atoms. The van der Waals surface area contributed by atoms with E-state index in [0.717, 1.165) is 11.1 Å². The number of aromatic nitrogens is 1. The second kappa shape index (κ2) is 7.92. The fraction of sp³-hybridized carbons (Fsp3) is 0.0435. The predicted molar refractivity (Wildman–Crippen MR) is 116 cm³/mol. The third kappa shape index (κ3) is 3.77. The van der Waals surface area contributed by atoms with Crippen LogP contribution in [-0.2, 0) is 6.42 Å². The fourth-order valence-electron chi connectivity index (χ4n) is 3.10. The number of rotatable bonds is 4. The summed E-state index contributed by atoms with van der Waals surface area (Å²) in [6.07, 6.45) is 0.566. The summed E-state index contributed by atoms with van der Waals surface area (Å²) in [5, 5.41) is 2.18. The average molecular weight is 427 g/mol. The molecule has 0 radical (unpaired) electrons. The van der Waals surface area contributed by atoms with Crippen molar-refractivity contribution < 1.29 is 4.79 Å². The summed E-state index contributed by atoms with van der Waals surface area (Å²) < 4.78 is 0. The molecular weight excluding hydrogens is 413 g/mol. The van der Waals surface area contributed by atoms with Crippen molar-refractivity contribution in [2.45, 2.75) is 6.42 Å². The Hall–Kier alpha value is -2.39. The van der Waals surface area contributed by atoms with Crippen LogP contribution in [0.3, 0.4) is 0 Å². The standard InChI is InChI=1S/C23H14Cl3NO/c24-17-9-6-15(7-10-17)22(28)16-8-11-20-18(13-16)21(25)19(23(26)27-20)12-14-4-2-1-3-5-14/h1-11,13H,12H2. The highest BCUT2D eigenvalue weighted by molar-refractivity contribution is 6.39. The topological polar surface area (TPSA) is 30.0 Å². The number of pyridine rings is 1. The van der Waals surface area contributed by atoms with Crippen molar-refractivity contribution in [1.82, 2.24) is 4.98 Å². The lowest BCUT2D eigenvalue weighted by Crippen LogP contribution is -2.02. The molecule has 0 amide bonds. The van der Waals surface area contributed by atoms with Crippen molar-refractivity contribution in [2.75, 3.05) is 0 Å². The van der Waals surface area contributed by atoms with Crippen molar-refractivity contribution in [2.24, 2.45) is 0 Å². The van der Waals surface area contributed by atoms with Gasteiger partial charge in [-0.15, -0.1) is 0 Å². The van der Waals surface area contributed by atoms with Gasteiger partial charge in [-0.05, 0) is 48.0 Å². The van der Waals surface area contributed by atoms with E-state index in [1.54, 1.807) is 42.5 Å². The highest BCUT2D eigenvalue weighted by Crippen LogP contribution is 2.33. The second-order valence-corrected chi connectivity index (χ2v) is 7.60. The van der Waals surface area contributed by atoms with Gasteiger partial charge in [0.1, 0.15) is 5.15 Å². The highest BCUT2D eigenvalue weighted by Gasteiger charge is 2.16. The number of fused-ring (bicyclic) bond motifs is 1. The third-order valence-corrected chi connectivity index (χ3v) is 5.55. The van der Waals surface area contributed by atoms with E-state index < -0.39 is 0 Å². The zero-order valence-electron chi connectivity index (χ0n) is 14.6. The Balaban J connectivity index is 1.78. The summed E-state index contributed by atoms with van der Waals surface area (Å²) in [6, 6.07) is 22.0. The van der Waals surface area contributed by atoms with Crippen LogP contribution in [-0.4, -0.2) is 10.8 Å².